The molecule has 8 nitrogen and oxygen atoms in total. The van der Waals surface area contributed by atoms with Crippen LogP contribution >= 0.6 is 11.8 Å². The summed E-state index contributed by atoms with van der Waals surface area (Å²) in [5.41, 5.74) is 5.01. The molecular weight excluding hydrogens is 280 g/mol. The predicted molar refractivity (Wildman–Crippen MR) is 74.9 cm³/mol. The Balaban J connectivity index is 2.26. The van der Waals surface area contributed by atoms with Crippen molar-refractivity contribution < 1.29 is 0 Å². The lowest BCUT2D eigenvalue weighted by molar-refractivity contribution is 0.596. The monoisotopic (exact) mass is 292 g/mol. The zero-order chi connectivity index (χ0) is 14.7. The molecule has 104 valence electrons. The van der Waals surface area contributed by atoms with E-state index in [0.717, 1.165) is 5.56 Å². The summed E-state index contributed by atoms with van der Waals surface area (Å²) in [7, 11) is 1.59. The molecule has 2 aromatic rings. The third-order valence-corrected chi connectivity index (χ3v) is 3.53. The summed E-state index contributed by atoms with van der Waals surface area (Å²) >= 11 is 1.24. The molecule has 0 aliphatic heterocycles. The number of aromatic amines is 1. The minimum Gasteiger partial charge on any atom is -0.382 e. The molecule has 20 heavy (non-hydrogen) atoms. The Morgan fingerprint density at radius 3 is 3.00 bits per heavy atom. The van der Waals surface area contributed by atoms with Crippen molar-refractivity contribution >= 4 is 17.6 Å². The molecule has 0 unspecified atom stereocenters. The number of hydrogen-bond acceptors (Lipinski definition) is 6. The van der Waals surface area contributed by atoms with Crippen LogP contribution in [0.4, 0.5) is 0 Å². The Kier molecular flexibility index (Phi) is 3.99. The van der Waals surface area contributed by atoms with Crippen molar-refractivity contribution in [3.05, 3.63) is 50.3 Å². The lowest BCUT2D eigenvalue weighted by Gasteiger charge is -2.08. The van der Waals surface area contributed by atoms with Crippen LogP contribution in [0, 0.1) is 5.41 Å². The predicted octanol–water partition coefficient (Wildman–Crippen LogP) is -0.560. The van der Waals surface area contributed by atoms with Gasteiger partial charge in [-0.15, -0.1) is 0 Å². The second-order valence-corrected chi connectivity index (χ2v) is 4.86. The van der Waals surface area contributed by atoms with E-state index in [1.54, 1.807) is 25.4 Å². The average Bonchev–Trinajstić information content (AvgIpc) is 2.41. The first-order valence-electron chi connectivity index (χ1n) is 5.57. The van der Waals surface area contributed by atoms with Crippen LogP contribution < -0.4 is 16.9 Å². The van der Waals surface area contributed by atoms with Crippen LogP contribution in [0.1, 0.15) is 11.3 Å². The molecule has 2 heterocycles. The summed E-state index contributed by atoms with van der Waals surface area (Å²) in [5.74, 6) is 0.305. The van der Waals surface area contributed by atoms with Gasteiger partial charge in [0.1, 0.15) is 11.5 Å². The van der Waals surface area contributed by atoms with Crippen LogP contribution in [0.2, 0.25) is 0 Å². The standard InChI is InChI=1S/C11H12N6O2S/c1-17-11(15-9(18)10(19)16-17)20-5-6-3-2-4-14-7(6)8(12)13/h2-4H,5H2,1H3,(H3,12,13)(H,16,19). The van der Waals surface area contributed by atoms with Gasteiger partial charge in [-0.25, -0.2) is 0 Å². The van der Waals surface area contributed by atoms with E-state index in [0.29, 0.717) is 16.6 Å². The topological polar surface area (TPSA) is 131 Å². The number of aryl methyl sites for hydroxylation is 1. The molecule has 4 N–H and O–H groups in total. The molecular formula is C11H12N6O2S. The molecule has 9 heteroatoms. The third kappa shape index (κ3) is 2.94. The number of nitrogens with two attached hydrogens (primary N) is 1. The normalized spacial score (nSPS) is 10.4. The first-order chi connectivity index (χ1) is 9.49. The molecule has 0 saturated heterocycles. The first-order valence-corrected chi connectivity index (χ1v) is 6.56. The number of pyridine rings is 1. The smallest absolute Gasteiger partial charge is 0.339 e. The Bertz CT molecular complexity index is 766. The summed E-state index contributed by atoms with van der Waals surface area (Å²) in [6.07, 6.45) is 1.55. The molecule has 2 rings (SSSR count). The number of amidine groups is 1. The van der Waals surface area contributed by atoms with Crippen molar-refractivity contribution in [1.29, 1.82) is 5.41 Å². The second kappa shape index (κ2) is 5.70. The van der Waals surface area contributed by atoms with Crippen molar-refractivity contribution in [2.45, 2.75) is 10.9 Å². The van der Waals surface area contributed by atoms with E-state index in [1.807, 2.05) is 0 Å². The summed E-state index contributed by atoms with van der Waals surface area (Å²) in [6.45, 7) is 0. The van der Waals surface area contributed by atoms with Gasteiger partial charge in [-0.1, -0.05) is 17.8 Å². The quantitative estimate of drug-likeness (QED) is 0.300. The van der Waals surface area contributed by atoms with Gasteiger partial charge in [-0.05, 0) is 11.6 Å². The van der Waals surface area contributed by atoms with Gasteiger partial charge in [0.05, 0.1) is 0 Å². The van der Waals surface area contributed by atoms with E-state index in [1.165, 1.54) is 16.4 Å². The van der Waals surface area contributed by atoms with E-state index in [9.17, 15) is 9.59 Å². The van der Waals surface area contributed by atoms with Crippen molar-refractivity contribution in [3.63, 3.8) is 0 Å². The molecule has 0 aliphatic rings. The van der Waals surface area contributed by atoms with Crippen LogP contribution in [-0.4, -0.2) is 25.6 Å². The van der Waals surface area contributed by atoms with Crippen LogP contribution in [-0.2, 0) is 12.8 Å². The van der Waals surface area contributed by atoms with Crippen LogP contribution in [0.15, 0.2) is 33.1 Å². The van der Waals surface area contributed by atoms with Gasteiger partial charge in [0, 0.05) is 19.0 Å². The van der Waals surface area contributed by atoms with Crippen molar-refractivity contribution in [2.75, 3.05) is 0 Å². The zero-order valence-corrected chi connectivity index (χ0v) is 11.4. The molecule has 0 amide bonds. The van der Waals surface area contributed by atoms with Gasteiger partial charge in [0.25, 0.3) is 0 Å². The second-order valence-electron chi connectivity index (χ2n) is 3.91. The largest absolute Gasteiger partial charge is 0.382 e. The Morgan fingerprint density at radius 2 is 2.30 bits per heavy atom. The highest BCUT2D eigenvalue weighted by Gasteiger charge is 2.09. The third-order valence-electron chi connectivity index (χ3n) is 2.45. The Labute approximate surface area is 117 Å². The van der Waals surface area contributed by atoms with Crippen LogP contribution in [0.5, 0.6) is 0 Å². The van der Waals surface area contributed by atoms with Crippen molar-refractivity contribution in [2.24, 2.45) is 12.8 Å². The summed E-state index contributed by atoms with van der Waals surface area (Å²) < 4.78 is 1.37. The molecule has 0 atom stereocenters. The number of nitrogens with one attached hydrogen (secondary N) is 2. The fourth-order valence-electron chi connectivity index (χ4n) is 1.53. The summed E-state index contributed by atoms with van der Waals surface area (Å²) in [5, 5.41) is 10.2. The number of H-pyrrole nitrogens is 1. The summed E-state index contributed by atoms with van der Waals surface area (Å²) in [6, 6.07) is 3.53. The van der Waals surface area contributed by atoms with Gasteiger partial charge in [0.2, 0.25) is 0 Å². The van der Waals surface area contributed by atoms with Gasteiger partial charge in [-0.2, -0.15) is 4.98 Å². The van der Waals surface area contributed by atoms with Crippen LogP contribution in [0.25, 0.3) is 0 Å². The van der Waals surface area contributed by atoms with E-state index in [4.69, 9.17) is 11.1 Å². The van der Waals surface area contributed by atoms with E-state index >= 15 is 0 Å². The lowest BCUT2D eigenvalue weighted by atomic mass is 10.2. The number of aromatic nitrogens is 4. The number of nitrogens with zero attached hydrogens (tertiary/aromatic N) is 3. The molecule has 0 bridgehead atoms. The minimum atomic E-state index is -0.830. The zero-order valence-electron chi connectivity index (χ0n) is 10.6. The van der Waals surface area contributed by atoms with E-state index < -0.39 is 11.1 Å². The first kappa shape index (κ1) is 14.0. The van der Waals surface area contributed by atoms with Gasteiger partial charge in [-0.3, -0.25) is 29.8 Å². The molecule has 0 radical (unpaired) electrons. The van der Waals surface area contributed by atoms with Crippen molar-refractivity contribution in [3.8, 4) is 0 Å². The van der Waals surface area contributed by atoms with Gasteiger partial charge >= 0.3 is 11.1 Å². The molecule has 0 spiro atoms. The number of thioether (sulfide) groups is 1. The fourth-order valence-corrected chi connectivity index (χ4v) is 2.43. The molecule has 0 saturated carbocycles. The number of hydrogen-bond donors (Lipinski definition) is 3. The van der Waals surface area contributed by atoms with Gasteiger partial charge < -0.3 is 5.73 Å². The lowest BCUT2D eigenvalue weighted by Crippen LogP contribution is -2.33. The maximum atomic E-state index is 11.2. The minimum absolute atomic E-state index is 0.121. The van der Waals surface area contributed by atoms with E-state index in [2.05, 4.69) is 15.1 Å². The highest BCUT2D eigenvalue weighted by atomic mass is 32.2. The van der Waals surface area contributed by atoms with Crippen molar-refractivity contribution in [1.82, 2.24) is 19.7 Å². The highest BCUT2D eigenvalue weighted by molar-refractivity contribution is 7.98. The van der Waals surface area contributed by atoms with Crippen LogP contribution in [0.3, 0.4) is 0 Å². The Morgan fingerprint density at radius 1 is 1.55 bits per heavy atom. The highest BCUT2D eigenvalue weighted by Crippen LogP contribution is 2.19. The SMILES string of the molecule is Cn1[nH]c(=O)c(=O)nc1SCc1cccnc1C(=N)N. The number of nitrogen functional groups attached to an aromatic ring is 1. The average molecular weight is 292 g/mol. The molecule has 0 fully saturated rings. The maximum Gasteiger partial charge on any atom is 0.339 e. The maximum absolute atomic E-state index is 11.2. The van der Waals surface area contributed by atoms with Gasteiger partial charge in [0.15, 0.2) is 5.16 Å². The number of rotatable bonds is 4. The molecule has 0 aliphatic carbocycles. The Hall–Kier alpha value is -2.42. The molecule has 2 aromatic heterocycles. The van der Waals surface area contributed by atoms with E-state index in [-0.39, 0.29) is 5.84 Å². The molecule has 0 aromatic carbocycles. The fraction of sp³-hybridized carbons (Fsp3) is 0.182. The summed E-state index contributed by atoms with van der Waals surface area (Å²) in [4.78, 5) is 30.0.